The molecule has 7 nitrogen and oxygen atoms in total. The van der Waals surface area contributed by atoms with Crippen LogP contribution in [0.25, 0.3) is 0 Å². The Morgan fingerprint density at radius 3 is 2.57 bits per heavy atom. The molecule has 1 heterocycles. The van der Waals surface area contributed by atoms with Crippen LogP contribution >= 0.6 is 0 Å². The van der Waals surface area contributed by atoms with Gasteiger partial charge in [-0.1, -0.05) is 0 Å². The predicted molar refractivity (Wildman–Crippen MR) is 76.5 cm³/mol. The molecule has 1 aromatic carbocycles. The van der Waals surface area contributed by atoms with E-state index in [2.05, 4.69) is 5.32 Å². The molecule has 0 saturated heterocycles. The van der Waals surface area contributed by atoms with Crippen LogP contribution in [0.4, 0.5) is 11.6 Å². The summed E-state index contributed by atoms with van der Waals surface area (Å²) in [7, 11) is 1.62. The first-order valence-electron chi connectivity index (χ1n) is 6.38. The summed E-state index contributed by atoms with van der Waals surface area (Å²) in [6, 6.07) is 10.3. The summed E-state index contributed by atoms with van der Waals surface area (Å²) in [5.74, 6) is 1.00. The summed E-state index contributed by atoms with van der Waals surface area (Å²) >= 11 is 0. The van der Waals surface area contributed by atoms with Crippen molar-refractivity contribution < 1.29 is 18.8 Å². The molecule has 0 amide bonds. The van der Waals surface area contributed by atoms with Crippen LogP contribution in [0.2, 0.25) is 0 Å². The first-order valence-corrected chi connectivity index (χ1v) is 6.38. The van der Waals surface area contributed by atoms with Crippen molar-refractivity contribution in [3.05, 3.63) is 52.3 Å². The number of nitrogens with zero attached hydrogens (tertiary/aromatic N) is 1. The van der Waals surface area contributed by atoms with Crippen molar-refractivity contribution in [1.82, 2.24) is 0 Å². The fourth-order valence-electron chi connectivity index (χ4n) is 1.66. The molecule has 0 atom stereocenters. The van der Waals surface area contributed by atoms with Crippen LogP contribution in [0.15, 0.2) is 40.8 Å². The van der Waals surface area contributed by atoms with Gasteiger partial charge in [0.2, 0.25) is 0 Å². The summed E-state index contributed by atoms with van der Waals surface area (Å²) in [6.45, 7) is 1.41. The number of methoxy groups -OCH3 is 1. The molecule has 0 aliphatic heterocycles. The molecule has 21 heavy (non-hydrogen) atoms. The highest BCUT2D eigenvalue weighted by Crippen LogP contribution is 2.19. The Balaban J connectivity index is 1.83. The van der Waals surface area contributed by atoms with Gasteiger partial charge in [-0.2, -0.15) is 0 Å². The Morgan fingerprint density at radius 2 is 1.95 bits per heavy atom. The number of hydrogen-bond donors (Lipinski definition) is 1. The fraction of sp³-hybridized carbons (Fsp3) is 0.286. The second-order valence-electron chi connectivity index (χ2n) is 4.22. The maximum Gasteiger partial charge on any atom is 0.433 e. The molecule has 112 valence electrons. The molecule has 0 radical (unpaired) electrons. The van der Waals surface area contributed by atoms with Crippen molar-refractivity contribution in [3.8, 4) is 5.75 Å². The average molecular weight is 292 g/mol. The van der Waals surface area contributed by atoms with Gasteiger partial charge in [0, 0.05) is 12.8 Å². The zero-order valence-electron chi connectivity index (χ0n) is 11.6. The highest BCUT2D eigenvalue weighted by Gasteiger charge is 2.11. The Morgan fingerprint density at radius 1 is 1.19 bits per heavy atom. The third-order valence-electron chi connectivity index (χ3n) is 2.70. The van der Waals surface area contributed by atoms with E-state index in [-0.39, 0.29) is 5.88 Å². The van der Waals surface area contributed by atoms with Crippen molar-refractivity contribution in [2.24, 2.45) is 0 Å². The monoisotopic (exact) mass is 292 g/mol. The fourth-order valence-corrected chi connectivity index (χ4v) is 1.66. The Bertz CT molecular complexity index is 579. The van der Waals surface area contributed by atoms with Crippen LogP contribution in [0.5, 0.6) is 5.75 Å². The predicted octanol–water partition coefficient (Wildman–Crippen LogP) is 2.83. The van der Waals surface area contributed by atoms with E-state index in [0.717, 1.165) is 11.4 Å². The summed E-state index contributed by atoms with van der Waals surface area (Å²) in [5.41, 5.74) is 0.869. The minimum atomic E-state index is -0.560. The lowest BCUT2D eigenvalue weighted by Gasteiger charge is -2.07. The second kappa shape index (κ2) is 7.30. The third kappa shape index (κ3) is 4.50. The van der Waals surface area contributed by atoms with Crippen molar-refractivity contribution in [1.29, 1.82) is 0 Å². The maximum absolute atomic E-state index is 10.5. The molecule has 0 bridgehead atoms. The van der Waals surface area contributed by atoms with Crippen LogP contribution in [0.3, 0.4) is 0 Å². The van der Waals surface area contributed by atoms with Crippen molar-refractivity contribution in [3.63, 3.8) is 0 Å². The van der Waals surface area contributed by atoms with Gasteiger partial charge in [-0.15, -0.1) is 0 Å². The van der Waals surface area contributed by atoms with E-state index in [4.69, 9.17) is 13.9 Å². The molecule has 2 rings (SSSR count). The van der Waals surface area contributed by atoms with Crippen molar-refractivity contribution >= 4 is 11.6 Å². The van der Waals surface area contributed by atoms with Crippen molar-refractivity contribution in [2.45, 2.75) is 6.54 Å². The Hall–Kier alpha value is -2.54. The number of nitrogens with one attached hydrogen (secondary N) is 1. The van der Waals surface area contributed by atoms with Gasteiger partial charge in [-0.3, -0.25) is 10.1 Å². The standard InChI is InChI=1S/C14H16N2O5/c1-19-8-9-20-12-4-2-11(3-5-12)15-10-13-6-7-14(21-13)16(17)18/h2-7,15H,8-10H2,1H3. The highest BCUT2D eigenvalue weighted by molar-refractivity contribution is 5.46. The van der Waals surface area contributed by atoms with E-state index in [9.17, 15) is 10.1 Å². The van der Waals surface area contributed by atoms with E-state index < -0.39 is 4.92 Å². The van der Waals surface area contributed by atoms with Gasteiger partial charge in [0.15, 0.2) is 0 Å². The molecule has 1 N–H and O–H groups in total. The minimum absolute atomic E-state index is 0.256. The van der Waals surface area contributed by atoms with E-state index in [1.165, 1.54) is 6.07 Å². The largest absolute Gasteiger partial charge is 0.491 e. The number of hydrogen-bond acceptors (Lipinski definition) is 6. The first kappa shape index (κ1) is 14.9. The molecular weight excluding hydrogens is 276 g/mol. The van der Waals surface area contributed by atoms with Crippen LogP contribution in [0.1, 0.15) is 5.76 Å². The summed E-state index contributed by atoms with van der Waals surface area (Å²) < 4.78 is 15.4. The molecule has 0 spiro atoms. The average Bonchev–Trinajstić information content (AvgIpc) is 2.96. The van der Waals surface area contributed by atoms with Gasteiger partial charge >= 0.3 is 5.88 Å². The Labute approximate surface area is 121 Å². The molecule has 2 aromatic rings. The van der Waals surface area contributed by atoms with Gasteiger partial charge in [-0.25, -0.2) is 0 Å². The molecule has 7 heteroatoms. The van der Waals surface area contributed by atoms with Crippen LogP contribution in [0, 0.1) is 10.1 Å². The second-order valence-corrected chi connectivity index (χ2v) is 4.22. The smallest absolute Gasteiger partial charge is 0.433 e. The number of nitro groups is 1. The third-order valence-corrected chi connectivity index (χ3v) is 2.70. The lowest BCUT2D eigenvalue weighted by atomic mass is 10.3. The van der Waals surface area contributed by atoms with Crippen LogP contribution < -0.4 is 10.1 Å². The molecule has 0 aliphatic carbocycles. The van der Waals surface area contributed by atoms with Crippen LogP contribution in [-0.2, 0) is 11.3 Å². The zero-order valence-corrected chi connectivity index (χ0v) is 11.6. The van der Waals surface area contributed by atoms with Gasteiger partial charge in [0.25, 0.3) is 0 Å². The number of ether oxygens (including phenoxy) is 2. The molecular formula is C14H16N2O5. The molecule has 1 aromatic heterocycles. The van der Waals surface area contributed by atoms with Gasteiger partial charge in [-0.05, 0) is 30.3 Å². The molecule has 0 fully saturated rings. The quantitative estimate of drug-likeness (QED) is 0.457. The number of benzene rings is 1. The molecule has 0 unspecified atom stereocenters. The van der Waals surface area contributed by atoms with Crippen LogP contribution in [-0.4, -0.2) is 25.2 Å². The molecule has 0 saturated carbocycles. The lowest BCUT2D eigenvalue weighted by molar-refractivity contribution is -0.402. The lowest BCUT2D eigenvalue weighted by Crippen LogP contribution is -2.04. The number of anilines is 1. The number of rotatable bonds is 8. The summed E-state index contributed by atoms with van der Waals surface area (Å²) in [5, 5.41) is 13.6. The highest BCUT2D eigenvalue weighted by atomic mass is 16.6. The summed E-state index contributed by atoms with van der Waals surface area (Å²) in [4.78, 5) is 9.94. The zero-order chi connectivity index (χ0) is 15.1. The first-order chi connectivity index (χ1) is 10.2. The number of furan rings is 1. The normalized spacial score (nSPS) is 10.3. The van der Waals surface area contributed by atoms with Gasteiger partial charge in [0.05, 0.1) is 19.2 Å². The topological polar surface area (TPSA) is 86.8 Å². The minimum Gasteiger partial charge on any atom is -0.491 e. The maximum atomic E-state index is 10.5. The SMILES string of the molecule is COCCOc1ccc(NCc2ccc([N+](=O)[O-])o2)cc1. The van der Waals surface area contributed by atoms with Gasteiger partial charge < -0.3 is 19.2 Å². The van der Waals surface area contributed by atoms with E-state index in [1.807, 2.05) is 24.3 Å². The van der Waals surface area contributed by atoms with E-state index >= 15 is 0 Å². The Kier molecular flexibility index (Phi) is 5.16. The molecule has 0 aliphatic rings. The van der Waals surface area contributed by atoms with Gasteiger partial charge in [0.1, 0.15) is 23.0 Å². The van der Waals surface area contributed by atoms with Crippen molar-refractivity contribution in [2.75, 3.05) is 25.6 Å². The van der Waals surface area contributed by atoms with E-state index in [1.54, 1.807) is 13.2 Å². The summed E-state index contributed by atoms with van der Waals surface area (Å²) in [6.07, 6.45) is 0. The van der Waals surface area contributed by atoms with E-state index in [0.29, 0.717) is 25.5 Å².